The highest BCUT2D eigenvalue weighted by Gasteiger charge is 2.21. The van der Waals surface area contributed by atoms with Gasteiger partial charge >= 0.3 is 0 Å². The Labute approximate surface area is 160 Å². The van der Waals surface area contributed by atoms with Gasteiger partial charge in [0.1, 0.15) is 12.4 Å². The van der Waals surface area contributed by atoms with E-state index in [1.54, 1.807) is 0 Å². The lowest BCUT2D eigenvalue weighted by Gasteiger charge is -2.21. The molecular formula is C18H20ClFN4O3. The molecule has 1 aliphatic rings. The molecule has 1 aliphatic heterocycles. The number of ether oxygens (including phenoxy) is 1. The molecule has 2 aromatic rings. The first-order chi connectivity index (χ1) is 13.0. The van der Waals surface area contributed by atoms with Gasteiger partial charge in [0.25, 0.3) is 5.56 Å². The SMILES string of the molecule is COCc1cc(=O)n(CC(=O)Nc2ccc(Cl)cc2F)c(N2CCCC2)n1. The number of carbonyl (C=O) groups excluding carboxylic acids is 1. The molecule has 7 nitrogen and oxygen atoms in total. The van der Waals surface area contributed by atoms with Crippen molar-refractivity contribution in [3.63, 3.8) is 0 Å². The molecule has 144 valence electrons. The number of hydrogen-bond donors (Lipinski definition) is 1. The van der Waals surface area contributed by atoms with E-state index in [1.807, 2.05) is 4.90 Å². The van der Waals surface area contributed by atoms with E-state index in [-0.39, 0.29) is 29.4 Å². The third-order valence-corrected chi connectivity index (χ3v) is 4.46. The van der Waals surface area contributed by atoms with Crippen molar-refractivity contribution in [1.82, 2.24) is 9.55 Å². The molecule has 0 atom stereocenters. The normalized spacial score (nSPS) is 13.8. The maximum absolute atomic E-state index is 13.9. The second kappa shape index (κ2) is 8.49. The number of methoxy groups -OCH3 is 1. The van der Waals surface area contributed by atoms with E-state index >= 15 is 0 Å². The van der Waals surface area contributed by atoms with Gasteiger partial charge in [0.15, 0.2) is 0 Å². The Kier molecular flexibility index (Phi) is 6.08. The first-order valence-electron chi connectivity index (χ1n) is 8.57. The monoisotopic (exact) mass is 394 g/mol. The van der Waals surface area contributed by atoms with Gasteiger partial charge < -0.3 is 15.0 Å². The van der Waals surface area contributed by atoms with E-state index in [4.69, 9.17) is 16.3 Å². The van der Waals surface area contributed by atoms with Crippen molar-refractivity contribution in [3.05, 3.63) is 51.2 Å². The summed E-state index contributed by atoms with van der Waals surface area (Å²) in [6.45, 7) is 1.46. The molecule has 0 bridgehead atoms. The maximum atomic E-state index is 13.9. The first kappa shape index (κ1) is 19.3. The highest BCUT2D eigenvalue weighted by atomic mass is 35.5. The van der Waals surface area contributed by atoms with Crippen LogP contribution < -0.4 is 15.8 Å². The zero-order valence-corrected chi connectivity index (χ0v) is 15.6. The predicted octanol–water partition coefficient (Wildman–Crippen LogP) is 2.42. The molecule has 1 saturated heterocycles. The van der Waals surface area contributed by atoms with Crippen LogP contribution in [-0.4, -0.2) is 35.7 Å². The summed E-state index contributed by atoms with van der Waals surface area (Å²) in [5.74, 6) is -0.740. The van der Waals surface area contributed by atoms with Crippen molar-refractivity contribution < 1.29 is 13.9 Å². The minimum Gasteiger partial charge on any atom is -0.378 e. The van der Waals surface area contributed by atoms with E-state index in [1.165, 1.54) is 29.9 Å². The molecule has 0 aliphatic carbocycles. The van der Waals surface area contributed by atoms with Crippen molar-refractivity contribution in [2.75, 3.05) is 30.4 Å². The van der Waals surface area contributed by atoms with Gasteiger partial charge in [0.2, 0.25) is 11.9 Å². The highest BCUT2D eigenvalue weighted by Crippen LogP contribution is 2.20. The Hall–Kier alpha value is -2.45. The molecule has 2 heterocycles. The van der Waals surface area contributed by atoms with E-state index in [9.17, 15) is 14.0 Å². The topological polar surface area (TPSA) is 76.5 Å². The zero-order chi connectivity index (χ0) is 19.4. The fourth-order valence-corrected chi connectivity index (χ4v) is 3.15. The predicted molar refractivity (Wildman–Crippen MR) is 101 cm³/mol. The molecule has 3 rings (SSSR count). The van der Waals surface area contributed by atoms with E-state index in [2.05, 4.69) is 10.3 Å². The lowest BCUT2D eigenvalue weighted by atomic mass is 10.3. The number of halogens is 2. The number of nitrogens with zero attached hydrogens (tertiary/aromatic N) is 3. The molecule has 0 saturated carbocycles. The van der Waals surface area contributed by atoms with Crippen LogP contribution in [0, 0.1) is 5.82 Å². The second-order valence-corrected chi connectivity index (χ2v) is 6.71. The molecule has 9 heteroatoms. The fourth-order valence-electron chi connectivity index (χ4n) is 2.99. The highest BCUT2D eigenvalue weighted by molar-refractivity contribution is 6.30. The number of nitrogens with one attached hydrogen (secondary N) is 1. The van der Waals surface area contributed by atoms with Gasteiger partial charge in [-0.15, -0.1) is 0 Å². The summed E-state index contributed by atoms with van der Waals surface area (Å²) in [5, 5.41) is 2.70. The van der Waals surface area contributed by atoms with Crippen LogP contribution in [0.4, 0.5) is 16.0 Å². The third-order valence-electron chi connectivity index (χ3n) is 4.23. The van der Waals surface area contributed by atoms with Crippen molar-refractivity contribution in [1.29, 1.82) is 0 Å². The van der Waals surface area contributed by atoms with Gasteiger partial charge in [-0.2, -0.15) is 0 Å². The van der Waals surface area contributed by atoms with Crippen molar-refractivity contribution in [2.24, 2.45) is 0 Å². The van der Waals surface area contributed by atoms with E-state index < -0.39 is 11.7 Å². The lowest BCUT2D eigenvalue weighted by molar-refractivity contribution is -0.116. The van der Waals surface area contributed by atoms with E-state index in [0.29, 0.717) is 11.6 Å². The smallest absolute Gasteiger partial charge is 0.255 e. The Balaban J connectivity index is 1.86. The minimum absolute atomic E-state index is 0.00383. The van der Waals surface area contributed by atoms with Crippen LogP contribution in [-0.2, 0) is 22.7 Å². The third kappa shape index (κ3) is 4.64. The summed E-state index contributed by atoms with van der Waals surface area (Å²) in [5.41, 5.74) is 0.152. The second-order valence-electron chi connectivity index (χ2n) is 6.27. The molecule has 1 fully saturated rings. The van der Waals surface area contributed by atoms with Gasteiger partial charge in [-0.1, -0.05) is 11.6 Å². The van der Waals surface area contributed by atoms with Crippen LogP contribution >= 0.6 is 11.6 Å². The maximum Gasteiger partial charge on any atom is 0.255 e. The van der Waals surface area contributed by atoms with E-state index in [0.717, 1.165) is 32.0 Å². The molecule has 27 heavy (non-hydrogen) atoms. The Morgan fingerprint density at radius 1 is 1.33 bits per heavy atom. The first-order valence-corrected chi connectivity index (χ1v) is 8.95. The van der Waals surface area contributed by atoms with Gasteiger partial charge in [0.05, 0.1) is 18.0 Å². The quantitative estimate of drug-likeness (QED) is 0.814. The summed E-state index contributed by atoms with van der Waals surface area (Å²) in [6, 6.07) is 5.31. The van der Waals surface area contributed by atoms with Crippen molar-refractivity contribution in [3.8, 4) is 0 Å². The Morgan fingerprint density at radius 2 is 2.07 bits per heavy atom. The van der Waals surface area contributed by atoms with Crippen LogP contribution in [0.3, 0.4) is 0 Å². The number of amides is 1. The van der Waals surface area contributed by atoms with Gasteiger partial charge in [-0.05, 0) is 31.0 Å². The Morgan fingerprint density at radius 3 is 2.74 bits per heavy atom. The average Bonchev–Trinajstić information content (AvgIpc) is 3.14. The van der Waals surface area contributed by atoms with Crippen molar-refractivity contribution in [2.45, 2.75) is 26.0 Å². The standard InChI is InChI=1S/C18H20ClFN4O3/c1-27-11-13-9-17(26)24(18(21-13)23-6-2-3-7-23)10-16(25)22-15-5-4-12(19)8-14(15)20/h4-5,8-9H,2-3,6-7,10-11H2,1H3,(H,22,25). The van der Waals surface area contributed by atoms with Crippen LogP contribution in [0.1, 0.15) is 18.5 Å². The average molecular weight is 395 g/mol. The molecule has 1 aromatic heterocycles. The fraction of sp³-hybridized carbons (Fsp3) is 0.389. The summed E-state index contributed by atoms with van der Waals surface area (Å²) < 4.78 is 20.3. The number of carbonyl (C=O) groups is 1. The van der Waals surface area contributed by atoms with Crippen LogP contribution in [0.25, 0.3) is 0 Å². The molecule has 0 radical (unpaired) electrons. The van der Waals surface area contributed by atoms with Crippen LogP contribution in [0.5, 0.6) is 0 Å². The summed E-state index contributed by atoms with van der Waals surface area (Å²) >= 11 is 5.72. The Bertz CT molecular complexity index is 897. The molecule has 0 spiro atoms. The zero-order valence-electron chi connectivity index (χ0n) is 14.9. The number of hydrogen-bond acceptors (Lipinski definition) is 5. The lowest BCUT2D eigenvalue weighted by Crippen LogP contribution is -2.35. The van der Waals surface area contributed by atoms with Crippen molar-refractivity contribution >= 4 is 29.1 Å². The van der Waals surface area contributed by atoms with Gasteiger partial charge in [0, 0.05) is 31.3 Å². The molecule has 1 N–H and O–H groups in total. The summed E-state index contributed by atoms with van der Waals surface area (Å²) in [6.07, 6.45) is 1.99. The van der Waals surface area contributed by atoms with Gasteiger partial charge in [-0.3, -0.25) is 14.2 Å². The largest absolute Gasteiger partial charge is 0.378 e. The number of rotatable bonds is 6. The summed E-state index contributed by atoms with van der Waals surface area (Å²) in [7, 11) is 1.52. The number of aromatic nitrogens is 2. The number of anilines is 2. The molecular weight excluding hydrogens is 375 g/mol. The minimum atomic E-state index is -0.642. The summed E-state index contributed by atoms with van der Waals surface area (Å²) in [4.78, 5) is 31.4. The van der Waals surface area contributed by atoms with Crippen LogP contribution in [0.2, 0.25) is 5.02 Å². The number of benzene rings is 1. The van der Waals surface area contributed by atoms with Crippen LogP contribution in [0.15, 0.2) is 29.1 Å². The molecule has 1 aromatic carbocycles. The molecule has 1 amide bonds. The molecule has 0 unspecified atom stereocenters. The van der Waals surface area contributed by atoms with Gasteiger partial charge in [-0.25, -0.2) is 9.37 Å².